The fourth-order valence-electron chi connectivity index (χ4n) is 3.36. The molecule has 0 aromatic heterocycles. The molecule has 3 rings (SSSR count). The third-order valence-corrected chi connectivity index (χ3v) is 4.60. The molecule has 1 aliphatic carbocycles. The zero-order valence-corrected chi connectivity index (χ0v) is 13.5. The number of fused-ring (bicyclic) bond motifs is 1. The van der Waals surface area contributed by atoms with Crippen LogP contribution in [0.15, 0.2) is 17.2 Å². The molecule has 0 atom stereocenters. The van der Waals surface area contributed by atoms with Gasteiger partial charge in [0.1, 0.15) is 5.75 Å². The largest absolute Gasteiger partial charge is 0.496 e. The smallest absolute Gasteiger partial charge is 0.342 e. The summed E-state index contributed by atoms with van der Waals surface area (Å²) in [6.45, 7) is 1.98. The molecule has 22 heavy (non-hydrogen) atoms. The number of rotatable bonds is 2. The van der Waals surface area contributed by atoms with E-state index in [1.54, 1.807) is 14.2 Å². The third kappa shape index (κ3) is 2.67. The van der Waals surface area contributed by atoms with Crippen LogP contribution in [0.25, 0.3) is 0 Å². The molecule has 2 amide bonds. The number of amides is 2. The van der Waals surface area contributed by atoms with Crippen LogP contribution in [0, 0.1) is 12.8 Å². The summed E-state index contributed by atoms with van der Waals surface area (Å²) in [5.74, 6) is 1.25. The monoisotopic (exact) mass is 301 g/mol. The van der Waals surface area contributed by atoms with E-state index in [1.807, 2.05) is 19.1 Å². The first-order valence-electron chi connectivity index (χ1n) is 7.92. The van der Waals surface area contributed by atoms with Gasteiger partial charge in [-0.3, -0.25) is 0 Å². The zero-order chi connectivity index (χ0) is 15.7. The second kappa shape index (κ2) is 5.99. The van der Waals surface area contributed by atoms with E-state index in [0.717, 1.165) is 41.1 Å². The SMILES string of the molecule is COc1cc2c(cc1C)NC(=O)N(C)N=C2C1CCCCC1. The van der Waals surface area contributed by atoms with Gasteiger partial charge in [-0.2, -0.15) is 5.10 Å². The van der Waals surface area contributed by atoms with Gasteiger partial charge >= 0.3 is 6.03 Å². The first-order chi connectivity index (χ1) is 10.6. The van der Waals surface area contributed by atoms with Gasteiger partial charge in [0, 0.05) is 18.5 Å². The van der Waals surface area contributed by atoms with Gasteiger partial charge in [0.15, 0.2) is 0 Å². The van der Waals surface area contributed by atoms with Crippen LogP contribution in [0.4, 0.5) is 10.5 Å². The highest BCUT2D eigenvalue weighted by Gasteiger charge is 2.28. The first kappa shape index (κ1) is 14.9. The number of anilines is 1. The van der Waals surface area contributed by atoms with Gasteiger partial charge in [-0.25, -0.2) is 9.80 Å². The number of hydrogen-bond acceptors (Lipinski definition) is 3. The number of ether oxygens (including phenoxy) is 1. The number of methoxy groups -OCH3 is 1. The molecule has 0 spiro atoms. The van der Waals surface area contributed by atoms with Crippen molar-refractivity contribution in [3.63, 3.8) is 0 Å². The Bertz CT molecular complexity index is 619. The highest BCUT2D eigenvalue weighted by Crippen LogP contribution is 2.35. The number of nitrogens with zero attached hydrogens (tertiary/aromatic N) is 2. The second-order valence-electron chi connectivity index (χ2n) is 6.14. The van der Waals surface area contributed by atoms with Crippen LogP contribution in [0.3, 0.4) is 0 Å². The Morgan fingerprint density at radius 3 is 2.68 bits per heavy atom. The Labute approximate surface area is 131 Å². The molecule has 2 aliphatic rings. The average molecular weight is 301 g/mol. The number of carbonyl (C=O) groups is 1. The van der Waals surface area contributed by atoms with Gasteiger partial charge in [-0.05, 0) is 37.5 Å². The van der Waals surface area contributed by atoms with Gasteiger partial charge in [0.2, 0.25) is 0 Å². The molecule has 118 valence electrons. The van der Waals surface area contributed by atoms with Crippen molar-refractivity contribution < 1.29 is 9.53 Å². The zero-order valence-electron chi connectivity index (χ0n) is 13.5. The summed E-state index contributed by atoms with van der Waals surface area (Å²) in [4.78, 5) is 12.1. The molecule has 1 heterocycles. The van der Waals surface area contributed by atoms with Crippen LogP contribution in [0.1, 0.15) is 43.2 Å². The number of benzene rings is 1. The van der Waals surface area contributed by atoms with Crippen LogP contribution in [0.2, 0.25) is 0 Å². The van der Waals surface area contributed by atoms with E-state index < -0.39 is 0 Å². The maximum absolute atomic E-state index is 12.1. The lowest BCUT2D eigenvalue weighted by Gasteiger charge is -2.24. The molecule has 1 aliphatic heterocycles. The number of urea groups is 1. The van der Waals surface area contributed by atoms with Gasteiger partial charge in [0.05, 0.1) is 18.5 Å². The summed E-state index contributed by atoms with van der Waals surface area (Å²) < 4.78 is 5.46. The van der Waals surface area contributed by atoms with E-state index in [1.165, 1.54) is 24.3 Å². The molecule has 0 saturated heterocycles. The predicted octanol–water partition coefficient (Wildman–Crippen LogP) is 3.77. The van der Waals surface area contributed by atoms with Crippen molar-refractivity contribution in [3.8, 4) is 5.75 Å². The van der Waals surface area contributed by atoms with Crippen LogP contribution < -0.4 is 10.1 Å². The van der Waals surface area contributed by atoms with E-state index in [-0.39, 0.29) is 6.03 Å². The highest BCUT2D eigenvalue weighted by molar-refractivity contribution is 6.11. The standard InChI is InChI=1S/C17H23N3O2/c1-11-9-14-13(10-15(11)22-3)16(12-7-5-4-6-8-12)19-20(2)17(21)18-14/h9-10,12H,4-8H2,1-3H3,(H,18,21). The van der Waals surface area contributed by atoms with Crippen molar-refractivity contribution >= 4 is 17.4 Å². The number of carbonyl (C=O) groups excluding carboxylic acids is 1. The lowest BCUT2D eigenvalue weighted by molar-refractivity contribution is 0.224. The molecule has 5 heteroatoms. The van der Waals surface area contributed by atoms with E-state index in [0.29, 0.717) is 5.92 Å². The molecule has 1 aromatic rings. The minimum Gasteiger partial charge on any atom is -0.496 e. The second-order valence-corrected chi connectivity index (χ2v) is 6.14. The Kier molecular flexibility index (Phi) is 4.05. The van der Waals surface area contributed by atoms with Crippen molar-refractivity contribution in [2.75, 3.05) is 19.5 Å². The van der Waals surface area contributed by atoms with Gasteiger partial charge < -0.3 is 10.1 Å². The number of aryl methyl sites for hydroxylation is 1. The van der Waals surface area contributed by atoms with Crippen molar-refractivity contribution in [3.05, 3.63) is 23.3 Å². The Morgan fingerprint density at radius 1 is 1.27 bits per heavy atom. The Hall–Kier alpha value is -2.04. The average Bonchev–Trinajstić information content (AvgIpc) is 2.64. The van der Waals surface area contributed by atoms with E-state index in [9.17, 15) is 4.79 Å². The molecule has 0 radical (unpaired) electrons. The summed E-state index contributed by atoms with van der Waals surface area (Å²) in [5.41, 5.74) is 3.84. The summed E-state index contributed by atoms with van der Waals surface area (Å²) in [7, 11) is 3.38. The molecular weight excluding hydrogens is 278 g/mol. The molecule has 0 bridgehead atoms. The van der Waals surface area contributed by atoms with Gasteiger partial charge in [0.25, 0.3) is 0 Å². The molecular formula is C17H23N3O2. The van der Waals surface area contributed by atoms with Crippen molar-refractivity contribution in [1.82, 2.24) is 5.01 Å². The lowest BCUT2D eigenvalue weighted by atomic mass is 9.82. The van der Waals surface area contributed by atoms with Crippen molar-refractivity contribution in [2.24, 2.45) is 11.0 Å². The quantitative estimate of drug-likeness (QED) is 0.904. The van der Waals surface area contributed by atoms with Crippen molar-refractivity contribution in [1.29, 1.82) is 0 Å². The summed E-state index contributed by atoms with van der Waals surface area (Å²) in [6, 6.07) is 3.79. The molecule has 1 aromatic carbocycles. The molecule has 1 N–H and O–H groups in total. The molecule has 1 fully saturated rings. The minimum atomic E-state index is -0.198. The molecule has 0 unspecified atom stereocenters. The maximum atomic E-state index is 12.1. The van der Waals surface area contributed by atoms with E-state index >= 15 is 0 Å². The van der Waals surface area contributed by atoms with Crippen LogP contribution in [-0.2, 0) is 0 Å². The first-order valence-corrected chi connectivity index (χ1v) is 7.92. The van der Waals surface area contributed by atoms with Gasteiger partial charge in [-0.1, -0.05) is 19.3 Å². The summed E-state index contributed by atoms with van der Waals surface area (Å²) in [5, 5.41) is 8.97. The minimum absolute atomic E-state index is 0.198. The predicted molar refractivity (Wildman–Crippen MR) is 87.6 cm³/mol. The number of nitrogens with one attached hydrogen (secondary N) is 1. The maximum Gasteiger partial charge on any atom is 0.342 e. The topological polar surface area (TPSA) is 53.9 Å². The number of hydrazone groups is 1. The van der Waals surface area contributed by atoms with Crippen LogP contribution in [0.5, 0.6) is 5.75 Å². The normalized spacial score (nSPS) is 19.1. The Morgan fingerprint density at radius 2 is 2.00 bits per heavy atom. The fourth-order valence-corrected chi connectivity index (χ4v) is 3.36. The fraction of sp³-hybridized carbons (Fsp3) is 0.529. The third-order valence-electron chi connectivity index (χ3n) is 4.60. The molecule has 5 nitrogen and oxygen atoms in total. The summed E-state index contributed by atoms with van der Waals surface area (Å²) >= 11 is 0. The van der Waals surface area contributed by atoms with Crippen molar-refractivity contribution in [2.45, 2.75) is 39.0 Å². The highest BCUT2D eigenvalue weighted by atomic mass is 16.5. The van der Waals surface area contributed by atoms with Gasteiger partial charge in [-0.15, -0.1) is 0 Å². The van der Waals surface area contributed by atoms with E-state index in [4.69, 9.17) is 4.74 Å². The van der Waals surface area contributed by atoms with Crippen LogP contribution >= 0.6 is 0 Å². The summed E-state index contributed by atoms with van der Waals surface area (Å²) in [6.07, 6.45) is 6.02. The lowest BCUT2D eigenvalue weighted by Crippen LogP contribution is -2.26. The van der Waals surface area contributed by atoms with Crippen LogP contribution in [-0.4, -0.2) is 30.9 Å². The van der Waals surface area contributed by atoms with E-state index in [2.05, 4.69) is 10.4 Å². The number of hydrogen-bond donors (Lipinski definition) is 1. The molecule has 1 saturated carbocycles. The Balaban J connectivity index is 2.10.